The van der Waals surface area contributed by atoms with Crippen molar-refractivity contribution in [2.24, 2.45) is 11.7 Å². The van der Waals surface area contributed by atoms with Crippen molar-refractivity contribution < 1.29 is 9.53 Å². The lowest BCUT2D eigenvalue weighted by Gasteiger charge is -2.14. The maximum absolute atomic E-state index is 11.7. The van der Waals surface area contributed by atoms with E-state index in [1.54, 1.807) is 6.07 Å². The van der Waals surface area contributed by atoms with Crippen LogP contribution in [0.25, 0.3) is 0 Å². The van der Waals surface area contributed by atoms with E-state index in [0.29, 0.717) is 28.9 Å². The molecular weight excluding hydrogens is 301 g/mol. The number of pyridine rings is 1. The van der Waals surface area contributed by atoms with Gasteiger partial charge >= 0.3 is 0 Å². The molecular formula is C13H19Cl2N3O2. The topological polar surface area (TPSA) is 77.2 Å². The van der Waals surface area contributed by atoms with E-state index < -0.39 is 6.04 Å². The minimum absolute atomic E-state index is 0.183. The number of halogens is 2. The van der Waals surface area contributed by atoms with Crippen LogP contribution in [0.1, 0.15) is 20.3 Å². The first-order chi connectivity index (χ1) is 9.40. The van der Waals surface area contributed by atoms with Gasteiger partial charge in [-0.2, -0.15) is 0 Å². The number of hydrogen-bond donors (Lipinski definition) is 2. The molecule has 5 nitrogen and oxygen atoms in total. The number of amides is 1. The minimum atomic E-state index is -0.493. The van der Waals surface area contributed by atoms with Gasteiger partial charge in [0.25, 0.3) is 0 Å². The summed E-state index contributed by atoms with van der Waals surface area (Å²) in [7, 11) is 0. The van der Waals surface area contributed by atoms with Crippen molar-refractivity contribution in [3.05, 3.63) is 22.3 Å². The molecule has 1 amide bonds. The van der Waals surface area contributed by atoms with Gasteiger partial charge in [0.15, 0.2) is 0 Å². The van der Waals surface area contributed by atoms with Crippen LogP contribution < -0.4 is 15.8 Å². The summed E-state index contributed by atoms with van der Waals surface area (Å²) in [6.45, 7) is 4.63. The number of aromatic nitrogens is 1. The summed E-state index contributed by atoms with van der Waals surface area (Å²) in [6, 6.07) is 1.05. The summed E-state index contributed by atoms with van der Waals surface area (Å²) < 4.78 is 5.35. The molecule has 0 saturated carbocycles. The third kappa shape index (κ3) is 5.94. The number of carbonyl (C=O) groups is 1. The van der Waals surface area contributed by atoms with Gasteiger partial charge in [0.05, 0.1) is 17.6 Å². The average molecular weight is 320 g/mol. The molecule has 0 bridgehead atoms. The zero-order valence-corrected chi connectivity index (χ0v) is 13.0. The van der Waals surface area contributed by atoms with E-state index in [0.717, 1.165) is 0 Å². The number of nitrogens with one attached hydrogen (secondary N) is 1. The van der Waals surface area contributed by atoms with Gasteiger partial charge in [-0.25, -0.2) is 4.98 Å². The fraction of sp³-hybridized carbons (Fsp3) is 0.538. The second-order valence-electron chi connectivity index (χ2n) is 4.82. The fourth-order valence-electron chi connectivity index (χ4n) is 1.58. The predicted molar refractivity (Wildman–Crippen MR) is 80.2 cm³/mol. The summed E-state index contributed by atoms with van der Waals surface area (Å²) in [6.07, 6.45) is 2.09. The summed E-state index contributed by atoms with van der Waals surface area (Å²) >= 11 is 11.6. The van der Waals surface area contributed by atoms with Crippen molar-refractivity contribution in [2.75, 3.05) is 13.2 Å². The minimum Gasteiger partial charge on any atom is -0.475 e. The Balaban J connectivity index is 2.29. The van der Waals surface area contributed by atoms with Crippen molar-refractivity contribution >= 4 is 29.1 Å². The third-order valence-corrected chi connectivity index (χ3v) is 2.95. The Morgan fingerprint density at radius 2 is 2.20 bits per heavy atom. The lowest BCUT2D eigenvalue weighted by molar-refractivity contribution is -0.122. The summed E-state index contributed by atoms with van der Waals surface area (Å²) in [5, 5.41) is 3.48. The van der Waals surface area contributed by atoms with E-state index in [4.69, 9.17) is 33.7 Å². The van der Waals surface area contributed by atoms with Gasteiger partial charge in [-0.05, 0) is 18.4 Å². The van der Waals surface area contributed by atoms with Gasteiger partial charge in [0.2, 0.25) is 11.8 Å². The Bertz CT molecular complexity index is 455. The van der Waals surface area contributed by atoms with Gasteiger partial charge in [-0.1, -0.05) is 37.0 Å². The summed E-state index contributed by atoms with van der Waals surface area (Å²) in [5.41, 5.74) is 5.75. The molecule has 3 N–H and O–H groups in total. The number of rotatable bonds is 7. The van der Waals surface area contributed by atoms with Crippen molar-refractivity contribution in [3.8, 4) is 5.88 Å². The van der Waals surface area contributed by atoms with Gasteiger partial charge in [0, 0.05) is 6.20 Å². The highest BCUT2D eigenvalue weighted by Gasteiger charge is 2.14. The second kappa shape index (κ2) is 8.29. The van der Waals surface area contributed by atoms with Crippen molar-refractivity contribution in [3.63, 3.8) is 0 Å². The highest BCUT2D eigenvalue weighted by atomic mass is 35.5. The quantitative estimate of drug-likeness (QED) is 0.756. The van der Waals surface area contributed by atoms with Crippen LogP contribution >= 0.6 is 23.2 Å². The first kappa shape index (κ1) is 17.0. The first-order valence-electron chi connectivity index (χ1n) is 6.37. The van der Waals surface area contributed by atoms with E-state index in [9.17, 15) is 4.79 Å². The monoisotopic (exact) mass is 319 g/mol. The van der Waals surface area contributed by atoms with Crippen LogP contribution in [-0.2, 0) is 4.79 Å². The molecule has 0 aliphatic rings. The molecule has 20 heavy (non-hydrogen) atoms. The molecule has 0 aliphatic carbocycles. The van der Waals surface area contributed by atoms with Crippen molar-refractivity contribution in [2.45, 2.75) is 26.3 Å². The normalized spacial score (nSPS) is 12.3. The van der Waals surface area contributed by atoms with E-state index in [2.05, 4.69) is 10.3 Å². The van der Waals surface area contributed by atoms with Crippen LogP contribution in [0.2, 0.25) is 10.0 Å². The lowest BCUT2D eigenvalue weighted by Crippen LogP contribution is -2.42. The van der Waals surface area contributed by atoms with E-state index in [1.807, 2.05) is 13.8 Å². The fourth-order valence-corrected chi connectivity index (χ4v) is 2.01. The standard InChI is InChI=1S/C13H19Cl2N3O2/c1-8(2)5-11(16)12(19)17-3-4-20-13-10(15)6-9(14)7-18-13/h6-8,11H,3-5,16H2,1-2H3,(H,17,19)/t11-/m0/s1. The molecule has 0 radical (unpaired) electrons. The smallest absolute Gasteiger partial charge is 0.237 e. The number of nitrogens with two attached hydrogens (primary N) is 1. The molecule has 0 fully saturated rings. The van der Waals surface area contributed by atoms with Gasteiger partial charge in [-0.3, -0.25) is 4.79 Å². The predicted octanol–water partition coefficient (Wildman–Crippen LogP) is 2.26. The summed E-state index contributed by atoms with van der Waals surface area (Å²) in [5.74, 6) is 0.485. The van der Waals surface area contributed by atoms with Crippen molar-refractivity contribution in [1.82, 2.24) is 10.3 Å². The van der Waals surface area contributed by atoms with Gasteiger partial charge < -0.3 is 15.8 Å². The number of nitrogens with zero attached hydrogens (tertiary/aromatic N) is 1. The second-order valence-corrected chi connectivity index (χ2v) is 5.66. The lowest BCUT2D eigenvalue weighted by atomic mass is 10.0. The van der Waals surface area contributed by atoms with Gasteiger partial charge in [-0.15, -0.1) is 0 Å². The Morgan fingerprint density at radius 1 is 1.50 bits per heavy atom. The molecule has 1 heterocycles. The average Bonchev–Trinajstić information content (AvgIpc) is 2.35. The van der Waals surface area contributed by atoms with Crippen LogP contribution in [0.4, 0.5) is 0 Å². The van der Waals surface area contributed by atoms with Crippen LogP contribution in [0.15, 0.2) is 12.3 Å². The van der Waals surface area contributed by atoms with Crippen LogP contribution in [0.5, 0.6) is 5.88 Å². The van der Waals surface area contributed by atoms with Gasteiger partial charge in [0.1, 0.15) is 11.6 Å². The molecule has 1 atom stereocenters. The van der Waals surface area contributed by atoms with E-state index in [-0.39, 0.29) is 18.4 Å². The van der Waals surface area contributed by atoms with Crippen molar-refractivity contribution in [1.29, 1.82) is 0 Å². The van der Waals surface area contributed by atoms with E-state index in [1.165, 1.54) is 6.20 Å². The molecule has 1 rings (SSSR count). The summed E-state index contributed by atoms with van der Waals surface area (Å²) in [4.78, 5) is 15.6. The molecule has 7 heteroatoms. The van der Waals surface area contributed by atoms with Crippen LogP contribution in [0.3, 0.4) is 0 Å². The molecule has 1 aromatic rings. The Kier molecular flexibility index (Phi) is 7.05. The highest BCUT2D eigenvalue weighted by Crippen LogP contribution is 2.24. The van der Waals surface area contributed by atoms with Crippen LogP contribution in [-0.4, -0.2) is 30.1 Å². The molecule has 112 valence electrons. The SMILES string of the molecule is CC(C)C[C@H](N)C(=O)NCCOc1ncc(Cl)cc1Cl. The van der Waals surface area contributed by atoms with E-state index >= 15 is 0 Å². The molecule has 0 spiro atoms. The first-order valence-corrected chi connectivity index (χ1v) is 7.13. The zero-order chi connectivity index (χ0) is 15.1. The maximum atomic E-state index is 11.7. The molecule has 0 unspecified atom stereocenters. The Morgan fingerprint density at radius 3 is 2.80 bits per heavy atom. The Labute approximate surface area is 128 Å². The third-order valence-electron chi connectivity index (χ3n) is 2.48. The Hall–Kier alpha value is -1.04. The number of hydrogen-bond acceptors (Lipinski definition) is 4. The maximum Gasteiger partial charge on any atom is 0.237 e. The zero-order valence-electron chi connectivity index (χ0n) is 11.5. The largest absolute Gasteiger partial charge is 0.475 e. The highest BCUT2D eigenvalue weighted by molar-refractivity contribution is 6.35. The molecule has 0 aromatic carbocycles. The number of carbonyl (C=O) groups excluding carboxylic acids is 1. The molecule has 0 saturated heterocycles. The molecule has 1 aromatic heterocycles. The van der Waals surface area contributed by atoms with Crippen LogP contribution in [0, 0.1) is 5.92 Å². The number of ether oxygens (including phenoxy) is 1. The molecule has 0 aliphatic heterocycles.